The topological polar surface area (TPSA) is 68.3 Å². The molecule has 2 aliphatic rings. The normalized spacial score (nSPS) is 18.8. The first-order valence-electron chi connectivity index (χ1n) is 15.7. The summed E-state index contributed by atoms with van der Waals surface area (Å²) in [6.45, 7) is 6.21. The van der Waals surface area contributed by atoms with Crippen LogP contribution in [0.15, 0.2) is 115 Å². The summed E-state index contributed by atoms with van der Waals surface area (Å²) in [5.41, 5.74) is 5.30. The maximum Gasteiger partial charge on any atom is 0.417 e. The molecular formula is C38H40N2O5. The van der Waals surface area contributed by atoms with Gasteiger partial charge in [-0.05, 0) is 47.7 Å². The second-order valence-corrected chi connectivity index (χ2v) is 11.8. The Hall–Kier alpha value is -4.46. The highest BCUT2D eigenvalue weighted by Crippen LogP contribution is 2.44. The highest BCUT2D eigenvalue weighted by molar-refractivity contribution is 5.96. The molecule has 4 aromatic carbocycles. The minimum atomic E-state index is -1.20. The number of nitrogens with zero attached hydrogens (tertiary/aromatic N) is 2. The van der Waals surface area contributed by atoms with Crippen molar-refractivity contribution in [1.82, 2.24) is 4.90 Å². The van der Waals surface area contributed by atoms with Crippen LogP contribution in [0.2, 0.25) is 0 Å². The highest BCUT2D eigenvalue weighted by atomic mass is 16.7. The molecule has 0 saturated carbocycles. The van der Waals surface area contributed by atoms with Gasteiger partial charge in [0.2, 0.25) is 5.91 Å². The van der Waals surface area contributed by atoms with Crippen molar-refractivity contribution in [2.24, 2.45) is 5.92 Å². The van der Waals surface area contributed by atoms with E-state index in [4.69, 9.17) is 14.2 Å². The molecule has 0 spiro atoms. The lowest BCUT2D eigenvalue weighted by Crippen LogP contribution is -2.51. The average molecular weight is 605 g/mol. The Morgan fingerprint density at radius 3 is 2.00 bits per heavy atom. The summed E-state index contributed by atoms with van der Waals surface area (Å²) in [5.74, 6) is -2.63. The maximum atomic E-state index is 14.7. The molecule has 0 aliphatic carbocycles. The van der Waals surface area contributed by atoms with E-state index in [1.807, 2.05) is 55.5 Å². The number of rotatable bonds is 11. The molecule has 45 heavy (non-hydrogen) atoms. The van der Waals surface area contributed by atoms with Gasteiger partial charge < -0.3 is 19.1 Å². The van der Waals surface area contributed by atoms with Crippen molar-refractivity contribution in [3.05, 3.63) is 138 Å². The van der Waals surface area contributed by atoms with Crippen LogP contribution in [0.1, 0.15) is 54.5 Å². The Bertz CT molecular complexity index is 1530. The highest BCUT2D eigenvalue weighted by Gasteiger charge is 2.53. The number of cyclic esters (lactones) is 1. The van der Waals surface area contributed by atoms with Crippen molar-refractivity contribution in [2.75, 3.05) is 24.7 Å². The number of hydrogen-bond donors (Lipinski definition) is 0. The fourth-order valence-electron chi connectivity index (χ4n) is 6.67. The van der Waals surface area contributed by atoms with Crippen molar-refractivity contribution in [3.63, 3.8) is 0 Å². The molecule has 2 amide bonds. The van der Waals surface area contributed by atoms with Crippen LogP contribution < -0.4 is 4.90 Å². The second kappa shape index (κ2) is 13.7. The molecule has 2 saturated heterocycles. The summed E-state index contributed by atoms with van der Waals surface area (Å²) in [7, 11) is 0. The van der Waals surface area contributed by atoms with E-state index in [-0.39, 0.29) is 18.4 Å². The van der Waals surface area contributed by atoms with Crippen molar-refractivity contribution >= 4 is 17.7 Å². The van der Waals surface area contributed by atoms with E-state index < -0.39 is 23.8 Å². The van der Waals surface area contributed by atoms with Crippen LogP contribution in [0.4, 0.5) is 10.5 Å². The Morgan fingerprint density at radius 2 is 1.42 bits per heavy atom. The molecule has 0 aromatic heterocycles. The van der Waals surface area contributed by atoms with E-state index in [1.165, 1.54) is 16.0 Å². The Morgan fingerprint density at radius 1 is 0.844 bits per heavy atom. The number of carbonyl (C=O) groups is 2. The number of anilines is 1. The Balaban J connectivity index is 1.37. The zero-order valence-corrected chi connectivity index (χ0v) is 25.9. The summed E-state index contributed by atoms with van der Waals surface area (Å²) in [5, 5.41) is 0. The third-order valence-electron chi connectivity index (χ3n) is 8.92. The molecule has 3 atom stereocenters. The molecule has 0 radical (unpaired) electrons. The van der Waals surface area contributed by atoms with Gasteiger partial charge in [0.15, 0.2) is 5.79 Å². The third kappa shape index (κ3) is 6.65. The molecule has 2 fully saturated rings. The van der Waals surface area contributed by atoms with E-state index >= 15 is 0 Å². The van der Waals surface area contributed by atoms with Crippen LogP contribution in [0, 0.1) is 5.92 Å². The van der Waals surface area contributed by atoms with Crippen LogP contribution >= 0.6 is 0 Å². The monoisotopic (exact) mass is 604 g/mol. The Labute approximate surface area is 265 Å². The molecular weight excluding hydrogens is 564 g/mol. The molecule has 6 rings (SSSR count). The quantitative estimate of drug-likeness (QED) is 0.177. The summed E-state index contributed by atoms with van der Waals surface area (Å²) < 4.78 is 17.8. The van der Waals surface area contributed by atoms with Gasteiger partial charge in [-0.15, -0.1) is 0 Å². The molecule has 7 nitrogen and oxygen atoms in total. The van der Waals surface area contributed by atoms with Crippen molar-refractivity contribution in [1.29, 1.82) is 0 Å². The first kappa shape index (κ1) is 30.6. The zero-order valence-electron chi connectivity index (χ0n) is 25.9. The maximum absolute atomic E-state index is 14.7. The molecule has 2 heterocycles. The second-order valence-electron chi connectivity index (χ2n) is 11.8. The largest absolute Gasteiger partial charge is 0.446 e. The smallest absolute Gasteiger partial charge is 0.417 e. The average Bonchev–Trinajstić information content (AvgIpc) is 3.70. The first-order chi connectivity index (χ1) is 22.0. The van der Waals surface area contributed by atoms with Gasteiger partial charge in [-0.25, -0.2) is 9.69 Å². The van der Waals surface area contributed by atoms with Gasteiger partial charge in [-0.3, -0.25) is 4.79 Å². The van der Waals surface area contributed by atoms with Gasteiger partial charge in [-0.1, -0.05) is 110 Å². The molecule has 0 unspecified atom stereocenters. The van der Waals surface area contributed by atoms with Gasteiger partial charge in [0, 0.05) is 24.7 Å². The zero-order chi connectivity index (χ0) is 31.2. The van der Waals surface area contributed by atoms with Crippen molar-refractivity contribution in [2.45, 2.75) is 51.1 Å². The Kier molecular flexibility index (Phi) is 9.29. The summed E-state index contributed by atoms with van der Waals surface area (Å²) >= 11 is 0. The molecule has 232 valence electrons. The molecule has 4 aromatic rings. The van der Waals surface area contributed by atoms with Crippen LogP contribution in [0.5, 0.6) is 0 Å². The van der Waals surface area contributed by atoms with Gasteiger partial charge in [0.25, 0.3) is 0 Å². The standard InChI is InChI=1S/C38H40N2O5/c1-3-33(31-20-13-21-32(24-31)39(25-28-14-7-4-8-15-28)26-29-16-9-5-10-17-29)35(38(2)44-22-23-45-38)36(41)40-34(27-43-37(40)42)30-18-11-6-12-19-30/h4-21,24,33-35H,3,22-23,25-27H2,1-2H3/t33-,34+,35-/m1/s1. The fraction of sp³-hybridized carbons (Fsp3) is 0.316. The predicted molar refractivity (Wildman–Crippen MR) is 173 cm³/mol. The third-order valence-corrected chi connectivity index (χ3v) is 8.92. The van der Waals surface area contributed by atoms with E-state index in [0.717, 1.165) is 29.9 Å². The fourth-order valence-corrected chi connectivity index (χ4v) is 6.67. The van der Waals surface area contributed by atoms with E-state index in [2.05, 4.69) is 78.6 Å². The molecule has 0 bridgehead atoms. The number of ether oxygens (including phenoxy) is 3. The summed E-state index contributed by atoms with van der Waals surface area (Å²) in [4.78, 5) is 31.4. The van der Waals surface area contributed by atoms with E-state index in [9.17, 15) is 9.59 Å². The molecule has 2 aliphatic heterocycles. The lowest BCUT2D eigenvalue weighted by Gasteiger charge is -2.39. The van der Waals surface area contributed by atoms with Gasteiger partial charge >= 0.3 is 6.09 Å². The van der Waals surface area contributed by atoms with E-state index in [0.29, 0.717) is 19.6 Å². The number of hydrogen-bond acceptors (Lipinski definition) is 6. The summed E-state index contributed by atoms with van der Waals surface area (Å²) in [6, 6.07) is 38.3. The number of carbonyl (C=O) groups excluding carboxylic acids is 2. The van der Waals surface area contributed by atoms with Crippen molar-refractivity contribution in [3.8, 4) is 0 Å². The lowest BCUT2D eigenvalue weighted by molar-refractivity contribution is -0.196. The molecule has 7 heteroatoms. The summed E-state index contributed by atoms with van der Waals surface area (Å²) in [6.07, 6.45) is -0.000675. The molecule has 0 N–H and O–H groups in total. The van der Waals surface area contributed by atoms with Crippen LogP contribution in [-0.4, -0.2) is 42.5 Å². The van der Waals surface area contributed by atoms with Crippen LogP contribution in [0.25, 0.3) is 0 Å². The first-order valence-corrected chi connectivity index (χ1v) is 15.7. The van der Waals surface area contributed by atoms with Gasteiger partial charge in [0.1, 0.15) is 12.6 Å². The van der Waals surface area contributed by atoms with Gasteiger partial charge in [0.05, 0.1) is 19.1 Å². The number of amides is 2. The SMILES string of the molecule is CC[C@H](c1cccc(N(Cc2ccccc2)Cc2ccccc2)c1)[C@H](C(=O)N1C(=O)OC[C@H]1c1ccccc1)C1(C)OCCO1. The number of benzene rings is 4. The van der Waals surface area contributed by atoms with Gasteiger partial charge in [-0.2, -0.15) is 0 Å². The van der Waals surface area contributed by atoms with E-state index in [1.54, 1.807) is 0 Å². The number of imide groups is 1. The minimum absolute atomic E-state index is 0.111. The lowest BCUT2D eigenvalue weighted by atomic mass is 9.78. The van der Waals surface area contributed by atoms with Crippen molar-refractivity contribution < 1.29 is 23.8 Å². The minimum Gasteiger partial charge on any atom is -0.446 e. The predicted octanol–water partition coefficient (Wildman–Crippen LogP) is 7.49. The van der Waals surface area contributed by atoms with Crippen LogP contribution in [-0.2, 0) is 32.1 Å². The van der Waals surface area contributed by atoms with Crippen LogP contribution in [0.3, 0.4) is 0 Å².